The average Bonchev–Trinajstić information content (AvgIpc) is 1.59. The molecule has 4 bridgehead atoms. The smallest absolute Gasteiger partial charge is 0.453 e. The molecule has 2 saturated carbocycles. The Morgan fingerprint density at radius 1 is 0.492 bits per heavy atom. The lowest BCUT2D eigenvalue weighted by Crippen LogP contribution is -2.55. The first-order valence-corrected chi connectivity index (χ1v) is 47.5. The highest BCUT2D eigenvalue weighted by atomic mass is 79.9. The fourth-order valence-electron chi connectivity index (χ4n) is 21.6. The Morgan fingerprint density at radius 2 is 0.955 bits per heavy atom. The van der Waals surface area contributed by atoms with E-state index in [1.807, 2.05) is 124 Å². The summed E-state index contributed by atoms with van der Waals surface area (Å²) >= 11 is 3.53. The zero-order valence-corrected chi connectivity index (χ0v) is 78.8. The topological polar surface area (TPSA) is 370 Å². The number of aliphatic imine (C=N–C) groups is 1. The number of carbonyl (C=O) groups excluding carboxylic acids is 8. The van der Waals surface area contributed by atoms with Gasteiger partial charge < -0.3 is 93.5 Å². The number of rotatable bonds is 20. The molecule has 7 saturated heterocycles. The van der Waals surface area contributed by atoms with Crippen molar-refractivity contribution in [2.75, 3.05) is 68.0 Å². The molecule has 6 aromatic carbocycles. The average molecular weight is 1870 g/mol. The van der Waals surface area contributed by atoms with Crippen LogP contribution in [-0.2, 0) is 63.3 Å². The van der Waals surface area contributed by atoms with Crippen LogP contribution in [0, 0.1) is 35.5 Å². The standard InChI is InChI=1S/C47H55N7O7.C28H39BN4O5.C24H27BrN4O4/c1-26(2)40(51-46(57)59-3)45(56)54-33-14-11-32(23-33)42(54)43-48-25-38(50-43)28-9-7-27(8-10-28)30-12-15-34-31(22-30)13-16-36-35(34)24-37(49-36)39-6-5-19-53(39)44(55)41(52-47(58)60-4)29-17-20-61-21-18-29;1-16(2)22(32-26(35)36-7)25(34)33-20-13-10-18(14-20)23(33)24-30-15-21(31-24)17-8-11-19(12-9-17)29-37-27(3,4)28(5,6)38-29;1-32-24(31)28-20(14-8-11-33-12-9-14)23(30)29-10-2-3-19(29)22-26-18-7-4-15-13-16(25)5-6-17(15)21(18)27-22/h7-10,12-13,15-16,22,25-26,29,32-33,39-42H,5-6,11,14,17-21,23-24H2,1-4H3,(H,48,50)(H,51,57)(H,52,58);8-9,11-12,15-16,18,20,22-23H,10,13-14H2,1-7H3,(H,30,31)(H,32,35);4-7,13-14,19-20H,2-3,8-12H2,1H3,(H,26,27)(H,28,31)/t32-,33+,39-,40-,41-,42-;18-,20+,22-,23-;19-,20-/m000/s1. The zero-order valence-electron chi connectivity index (χ0n) is 77.2. The molecule has 8 amide bonds. The lowest BCUT2D eigenvalue weighted by molar-refractivity contribution is -0.140. The quantitative estimate of drug-likeness (QED) is 0.0275. The van der Waals surface area contributed by atoms with Gasteiger partial charge in [0.15, 0.2) is 0 Å². The Kier molecular flexibility index (Phi) is 27.4. The summed E-state index contributed by atoms with van der Waals surface area (Å²) in [6.45, 7) is 19.5. The van der Waals surface area contributed by atoms with Gasteiger partial charge in [0.25, 0.3) is 0 Å². The molecule has 7 N–H and O–H groups in total. The Labute approximate surface area is 777 Å². The van der Waals surface area contributed by atoms with E-state index in [4.69, 9.17) is 57.7 Å². The van der Waals surface area contributed by atoms with E-state index >= 15 is 0 Å². The number of hydrogen-bond acceptors (Lipinski definition) is 20. The van der Waals surface area contributed by atoms with Crippen molar-refractivity contribution in [2.24, 2.45) is 40.5 Å². The molecular formula is C99H121BBrN15O16. The third-order valence-corrected chi connectivity index (χ3v) is 29.9. The van der Waals surface area contributed by atoms with Crippen LogP contribution >= 0.6 is 15.9 Å². The van der Waals surface area contributed by atoms with Crippen LogP contribution < -0.4 is 26.7 Å². The van der Waals surface area contributed by atoms with Crippen LogP contribution in [0.2, 0.25) is 0 Å². The van der Waals surface area contributed by atoms with E-state index in [1.165, 1.54) is 34.0 Å². The van der Waals surface area contributed by atoms with Crippen LogP contribution in [0.15, 0.2) is 131 Å². The van der Waals surface area contributed by atoms with Crippen LogP contribution in [0.25, 0.3) is 66.2 Å². The lowest BCUT2D eigenvalue weighted by Gasteiger charge is -2.37. The number of nitrogens with zero attached hydrogens (tertiary/aromatic N) is 8. The van der Waals surface area contributed by atoms with Gasteiger partial charge >= 0.3 is 31.5 Å². The van der Waals surface area contributed by atoms with E-state index in [2.05, 4.69) is 125 Å². The van der Waals surface area contributed by atoms with Gasteiger partial charge in [-0.3, -0.25) is 24.2 Å². The van der Waals surface area contributed by atoms with Gasteiger partial charge in [0.05, 0.1) is 104 Å². The summed E-state index contributed by atoms with van der Waals surface area (Å²) in [5.74, 6) is 2.52. The molecule has 19 rings (SSSR count). The number of carbonyl (C=O) groups is 8. The van der Waals surface area contributed by atoms with Crippen molar-refractivity contribution in [2.45, 2.75) is 223 Å². The van der Waals surface area contributed by atoms with Crippen molar-refractivity contribution in [1.82, 2.24) is 70.8 Å². The van der Waals surface area contributed by atoms with Crippen LogP contribution in [0.3, 0.4) is 0 Å². The number of piperidine rings is 2. The zero-order chi connectivity index (χ0) is 92.7. The van der Waals surface area contributed by atoms with E-state index < -0.39 is 55.7 Å². The van der Waals surface area contributed by atoms with Crippen molar-refractivity contribution in [3.63, 3.8) is 0 Å². The molecule has 12 atom stereocenters. The molecule has 698 valence electrons. The number of aromatic amines is 3. The van der Waals surface area contributed by atoms with E-state index in [9.17, 15) is 38.4 Å². The molecule has 0 spiro atoms. The van der Waals surface area contributed by atoms with Crippen molar-refractivity contribution in [3.8, 4) is 33.6 Å². The molecule has 0 unspecified atom stereocenters. The van der Waals surface area contributed by atoms with Gasteiger partial charge in [-0.2, -0.15) is 0 Å². The maximum atomic E-state index is 14.1. The number of benzene rings is 6. The fraction of sp³-hybridized carbons (Fsp3) is 0.515. The van der Waals surface area contributed by atoms with Gasteiger partial charge in [0, 0.05) is 73.6 Å². The molecule has 9 fully saturated rings. The summed E-state index contributed by atoms with van der Waals surface area (Å²) in [6, 6.07) is 34.7. The molecule has 11 heterocycles. The Balaban J connectivity index is 0.000000147. The van der Waals surface area contributed by atoms with E-state index in [0.717, 1.165) is 182 Å². The molecule has 3 aromatic heterocycles. The number of ether oxygens (including phenoxy) is 6. The van der Waals surface area contributed by atoms with E-state index in [0.29, 0.717) is 70.6 Å². The van der Waals surface area contributed by atoms with Gasteiger partial charge in [0.1, 0.15) is 41.6 Å². The Bertz CT molecular complexity index is 5790. The number of methoxy groups -OCH3 is 4. The van der Waals surface area contributed by atoms with Crippen molar-refractivity contribution >= 4 is 120 Å². The highest BCUT2D eigenvalue weighted by Gasteiger charge is 2.55. The summed E-state index contributed by atoms with van der Waals surface area (Å²) in [4.78, 5) is 142. The summed E-state index contributed by atoms with van der Waals surface area (Å²) in [6.07, 6.45) is 14.2. The lowest BCUT2D eigenvalue weighted by atomic mass is 9.79. The first-order valence-electron chi connectivity index (χ1n) is 46.7. The molecule has 9 aromatic rings. The first-order chi connectivity index (χ1) is 63.6. The van der Waals surface area contributed by atoms with Crippen LogP contribution in [0.1, 0.15) is 186 Å². The molecule has 0 radical (unpaired) electrons. The molecule has 31 nitrogen and oxygen atoms in total. The van der Waals surface area contributed by atoms with E-state index in [1.54, 1.807) is 0 Å². The molecule has 10 aliphatic rings. The van der Waals surface area contributed by atoms with Gasteiger partial charge in [-0.25, -0.2) is 34.1 Å². The number of amides is 8. The second-order valence-electron chi connectivity index (χ2n) is 38.4. The number of alkyl carbamates (subject to hydrolysis) is 4. The predicted molar refractivity (Wildman–Crippen MR) is 503 cm³/mol. The maximum Gasteiger partial charge on any atom is 0.494 e. The van der Waals surface area contributed by atoms with Crippen molar-refractivity contribution in [1.29, 1.82) is 0 Å². The SMILES string of the molecule is COC(=O)N[C@H](C(=O)N1CCC[C@H]1c1nc2c(ccc3cc(Br)ccc32)[nH]1)C1CCOCC1.COC(=O)N[C@H](C(=O)N1[C@@H]2CC[C@@H](C2)[C@H]1c1ncc(-c2ccc(-c3ccc4c5c(ccc4c3)N=C([C@@H]3CCCN3C(=O)[C@@H](NC(=O)OC)C3CCOCC3)C5)cc2)[nH]1)C(C)C.COC(=O)N[C@H](C(=O)N1[C@@H]2CC[C@@H](C2)[C@H]1c1ncc(-c2ccc(B3OC(C)(C)C(C)(C)O3)cc2)[nH]1)C(C)C. The third-order valence-electron chi connectivity index (χ3n) is 29.4. The van der Waals surface area contributed by atoms with Crippen LogP contribution in [-0.4, -0.2) is 232 Å². The minimum absolute atomic E-state index is 0.0125. The minimum atomic E-state index is -0.682. The number of H-pyrrole nitrogens is 3. The molecule has 2 aliphatic carbocycles. The van der Waals surface area contributed by atoms with Gasteiger partial charge in [-0.05, 0) is 233 Å². The molecular weight excluding hydrogens is 1750 g/mol. The van der Waals surface area contributed by atoms with Crippen LogP contribution in [0.5, 0.6) is 0 Å². The summed E-state index contributed by atoms with van der Waals surface area (Å²) in [5, 5.41) is 15.6. The molecule has 132 heavy (non-hydrogen) atoms. The van der Waals surface area contributed by atoms with Crippen molar-refractivity contribution < 1.29 is 76.1 Å². The highest BCUT2D eigenvalue weighted by molar-refractivity contribution is 9.10. The van der Waals surface area contributed by atoms with Crippen LogP contribution in [0.4, 0.5) is 24.9 Å². The second-order valence-corrected chi connectivity index (χ2v) is 39.4. The van der Waals surface area contributed by atoms with Gasteiger partial charge in [-0.15, -0.1) is 0 Å². The third kappa shape index (κ3) is 18.8. The number of aromatic nitrogens is 6. The minimum Gasteiger partial charge on any atom is -0.453 e. The van der Waals surface area contributed by atoms with Crippen molar-refractivity contribution in [3.05, 3.63) is 149 Å². The summed E-state index contributed by atoms with van der Waals surface area (Å²) in [5.41, 5.74) is 11.1. The number of hydrogen-bond donors (Lipinski definition) is 7. The number of imidazole rings is 3. The largest absolute Gasteiger partial charge is 0.494 e. The maximum absolute atomic E-state index is 14.1. The molecule has 33 heteroatoms. The van der Waals surface area contributed by atoms with E-state index in [-0.39, 0.29) is 94.8 Å². The predicted octanol–water partition coefficient (Wildman–Crippen LogP) is 15.2. The highest BCUT2D eigenvalue weighted by Crippen LogP contribution is 2.53. The number of likely N-dealkylation sites (tertiary alicyclic amines) is 4. The van der Waals surface area contributed by atoms with Gasteiger partial charge in [0.2, 0.25) is 23.6 Å². The number of nitrogens with one attached hydrogen (secondary N) is 7. The summed E-state index contributed by atoms with van der Waals surface area (Å²) < 4.78 is 43.7. The number of fused-ring (bicyclic) bond motifs is 10. The fourth-order valence-corrected chi connectivity index (χ4v) is 22.0. The Hall–Kier alpha value is -11.3. The first kappa shape index (κ1) is 92.6. The monoisotopic (exact) mass is 1870 g/mol. The summed E-state index contributed by atoms with van der Waals surface area (Å²) in [7, 11) is 4.85. The second kappa shape index (κ2) is 39.1. The number of halogens is 1. The Morgan fingerprint density at radius 3 is 1.47 bits per heavy atom. The molecule has 8 aliphatic heterocycles. The normalized spacial score (nSPS) is 23.3. The van der Waals surface area contributed by atoms with Gasteiger partial charge in [-0.1, -0.05) is 122 Å².